The molecule has 1 aromatic carbocycles. The fraction of sp³-hybridized carbons (Fsp3) is 0.154. The third-order valence-electron chi connectivity index (χ3n) is 2.09. The summed E-state index contributed by atoms with van der Waals surface area (Å²) in [5.74, 6) is -0.524. The molecule has 0 heterocycles. The van der Waals surface area contributed by atoms with Crippen LogP contribution in [0, 0.1) is 0 Å². The minimum absolute atomic E-state index is 0.195. The minimum Gasteiger partial charge on any atom is -0.454 e. The summed E-state index contributed by atoms with van der Waals surface area (Å²) in [5, 5.41) is 0.514. The van der Waals surface area contributed by atoms with Gasteiger partial charge in [0, 0.05) is 6.42 Å². The Hall–Kier alpha value is -1.25. The molecule has 0 bridgehead atoms. The van der Waals surface area contributed by atoms with Gasteiger partial charge in [-0.3, -0.25) is 0 Å². The first-order valence-electron chi connectivity index (χ1n) is 4.98. The van der Waals surface area contributed by atoms with Gasteiger partial charge >= 0.3 is 5.97 Å². The third-order valence-corrected chi connectivity index (χ3v) is 2.91. The molecule has 0 saturated carbocycles. The van der Waals surface area contributed by atoms with Crippen LogP contribution < -0.4 is 0 Å². The molecule has 2 nitrogen and oxygen atoms in total. The number of halogens is 2. The van der Waals surface area contributed by atoms with Crippen molar-refractivity contribution in [3.8, 4) is 0 Å². The van der Waals surface area contributed by atoms with Gasteiger partial charge in [-0.15, -0.1) is 6.58 Å². The quantitative estimate of drug-likeness (QED) is 0.590. The zero-order chi connectivity index (χ0) is 12.8. The molecule has 0 radical (unpaired) electrons. The molecule has 0 saturated heterocycles. The predicted octanol–water partition coefficient (Wildman–Crippen LogP) is 4.28. The van der Waals surface area contributed by atoms with Gasteiger partial charge in [0.05, 0.1) is 15.6 Å². The molecule has 1 atom stereocenters. The van der Waals surface area contributed by atoms with E-state index < -0.39 is 12.1 Å². The second-order valence-corrected chi connectivity index (χ2v) is 4.09. The maximum absolute atomic E-state index is 11.8. The topological polar surface area (TPSA) is 26.3 Å². The summed E-state index contributed by atoms with van der Waals surface area (Å²) in [4.78, 5) is 11.8. The Balaban J connectivity index is 2.86. The first-order chi connectivity index (χ1) is 8.10. The Bertz CT molecular complexity index is 441. The van der Waals surface area contributed by atoms with Gasteiger partial charge in [-0.2, -0.15) is 0 Å². The van der Waals surface area contributed by atoms with E-state index in [0.717, 1.165) is 0 Å². The molecule has 0 N–H and O–H groups in total. The van der Waals surface area contributed by atoms with Crippen molar-refractivity contribution in [2.75, 3.05) is 0 Å². The largest absolute Gasteiger partial charge is 0.454 e. The van der Waals surface area contributed by atoms with Crippen molar-refractivity contribution in [3.63, 3.8) is 0 Å². The van der Waals surface area contributed by atoms with Crippen LogP contribution in [-0.2, 0) is 4.74 Å². The van der Waals surface area contributed by atoms with Crippen LogP contribution in [0.5, 0.6) is 0 Å². The molecular formula is C13H12Cl2O2. The SMILES string of the molecule is C=CCC(C=C)OC(=O)c1cccc(Cl)c1Cl. The van der Waals surface area contributed by atoms with Crippen LogP contribution >= 0.6 is 23.2 Å². The first-order valence-corrected chi connectivity index (χ1v) is 5.74. The maximum Gasteiger partial charge on any atom is 0.340 e. The van der Waals surface area contributed by atoms with Crippen LogP contribution in [0.3, 0.4) is 0 Å². The number of ether oxygens (including phenoxy) is 1. The van der Waals surface area contributed by atoms with Crippen LogP contribution in [-0.4, -0.2) is 12.1 Å². The Morgan fingerprint density at radius 1 is 1.41 bits per heavy atom. The Kier molecular flexibility index (Phi) is 5.26. The minimum atomic E-state index is -0.524. The molecule has 0 spiro atoms. The second-order valence-electron chi connectivity index (χ2n) is 3.31. The highest BCUT2D eigenvalue weighted by Gasteiger charge is 2.16. The lowest BCUT2D eigenvalue weighted by Gasteiger charge is -2.12. The monoisotopic (exact) mass is 270 g/mol. The van der Waals surface area contributed by atoms with Crippen molar-refractivity contribution in [1.29, 1.82) is 0 Å². The molecule has 0 aliphatic carbocycles. The van der Waals surface area contributed by atoms with E-state index >= 15 is 0 Å². The van der Waals surface area contributed by atoms with Gasteiger partial charge in [0.2, 0.25) is 0 Å². The Labute approximate surface area is 110 Å². The van der Waals surface area contributed by atoms with Gasteiger partial charge in [-0.05, 0) is 12.1 Å². The van der Waals surface area contributed by atoms with Gasteiger partial charge in [0.15, 0.2) is 0 Å². The lowest BCUT2D eigenvalue weighted by atomic mass is 10.2. The fourth-order valence-corrected chi connectivity index (χ4v) is 1.60. The third kappa shape index (κ3) is 3.62. The number of carbonyl (C=O) groups excluding carboxylic acids is 1. The number of hydrogen-bond donors (Lipinski definition) is 0. The highest BCUT2D eigenvalue weighted by molar-refractivity contribution is 6.43. The van der Waals surface area contributed by atoms with E-state index in [1.165, 1.54) is 6.08 Å². The number of carbonyl (C=O) groups is 1. The van der Waals surface area contributed by atoms with E-state index in [2.05, 4.69) is 13.2 Å². The molecule has 4 heteroatoms. The summed E-state index contributed by atoms with van der Waals surface area (Å²) in [7, 11) is 0. The van der Waals surface area contributed by atoms with Crippen molar-refractivity contribution in [1.82, 2.24) is 0 Å². The van der Waals surface area contributed by atoms with Crippen LogP contribution in [0.15, 0.2) is 43.5 Å². The van der Waals surface area contributed by atoms with E-state index in [1.54, 1.807) is 24.3 Å². The highest BCUT2D eigenvalue weighted by Crippen LogP contribution is 2.26. The van der Waals surface area contributed by atoms with Gasteiger partial charge < -0.3 is 4.74 Å². The lowest BCUT2D eigenvalue weighted by Crippen LogP contribution is -2.15. The molecule has 17 heavy (non-hydrogen) atoms. The van der Waals surface area contributed by atoms with Crippen LogP contribution in [0.25, 0.3) is 0 Å². The van der Waals surface area contributed by atoms with Crippen LogP contribution in [0.1, 0.15) is 16.8 Å². The summed E-state index contributed by atoms with van der Waals surface area (Å²) < 4.78 is 5.19. The number of benzene rings is 1. The summed E-state index contributed by atoms with van der Waals surface area (Å²) >= 11 is 11.7. The summed E-state index contributed by atoms with van der Waals surface area (Å²) in [6.45, 7) is 7.16. The van der Waals surface area contributed by atoms with Crippen LogP contribution in [0.4, 0.5) is 0 Å². The smallest absolute Gasteiger partial charge is 0.340 e. The van der Waals surface area contributed by atoms with Gasteiger partial charge in [0.1, 0.15) is 6.10 Å². The van der Waals surface area contributed by atoms with Crippen molar-refractivity contribution in [3.05, 3.63) is 59.1 Å². The zero-order valence-electron chi connectivity index (χ0n) is 9.16. The molecule has 0 amide bonds. The van der Waals surface area contributed by atoms with Crippen molar-refractivity contribution in [2.24, 2.45) is 0 Å². The molecule has 0 aliphatic heterocycles. The van der Waals surface area contributed by atoms with Crippen molar-refractivity contribution in [2.45, 2.75) is 12.5 Å². The average molecular weight is 271 g/mol. The maximum atomic E-state index is 11.8. The Morgan fingerprint density at radius 2 is 2.12 bits per heavy atom. The normalized spacial score (nSPS) is 11.6. The fourth-order valence-electron chi connectivity index (χ4n) is 1.22. The first kappa shape index (κ1) is 13.8. The van der Waals surface area contributed by atoms with Gasteiger partial charge in [0.25, 0.3) is 0 Å². The predicted molar refractivity (Wildman–Crippen MR) is 70.7 cm³/mol. The van der Waals surface area contributed by atoms with E-state index in [4.69, 9.17) is 27.9 Å². The van der Waals surface area contributed by atoms with E-state index in [0.29, 0.717) is 11.4 Å². The van der Waals surface area contributed by atoms with Crippen LogP contribution in [0.2, 0.25) is 10.0 Å². The number of esters is 1. The van der Waals surface area contributed by atoms with Crippen molar-refractivity contribution >= 4 is 29.2 Å². The highest BCUT2D eigenvalue weighted by atomic mass is 35.5. The average Bonchev–Trinajstić information content (AvgIpc) is 2.31. The molecule has 1 aromatic rings. The molecule has 0 aliphatic rings. The molecule has 1 unspecified atom stereocenters. The van der Waals surface area contributed by atoms with Crippen molar-refractivity contribution < 1.29 is 9.53 Å². The van der Waals surface area contributed by atoms with Gasteiger partial charge in [-0.25, -0.2) is 4.79 Å². The van der Waals surface area contributed by atoms with Gasteiger partial charge in [-0.1, -0.05) is 48.0 Å². The zero-order valence-corrected chi connectivity index (χ0v) is 10.7. The summed E-state index contributed by atoms with van der Waals surface area (Å²) in [6.07, 6.45) is 3.29. The second kappa shape index (κ2) is 6.48. The molecule has 0 aromatic heterocycles. The molecule has 90 valence electrons. The lowest BCUT2D eigenvalue weighted by molar-refractivity contribution is 0.0400. The summed E-state index contributed by atoms with van der Waals surface area (Å²) in [6, 6.07) is 4.81. The van der Waals surface area contributed by atoms with E-state index in [9.17, 15) is 4.79 Å². The molecular weight excluding hydrogens is 259 g/mol. The number of rotatable bonds is 5. The number of hydrogen-bond acceptors (Lipinski definition) is 2. The van der Waals surface area contributed by atoms with E-state index in [1.807, 2.05) is 0 Å². The van der Waals surface area contributed by atoms with E-state index in [-0.39, 0.29) is 10.6 Å². The summed E-state index contributed by atoms with van der Waals surface area (Å²) in [5.41, 5.74) is 0.245. The Morgan fingerprint density at radius 3 is 2.71 bits per heavy atom. The molecule has 0 fully saturated rings. The molecule has 1 rings (SSSR count). The standard InChI is InChI=1S/C13H12Cl2O2/c1-3-6-9(4-2)17-13(16)10-7-5-8-11(14)12(10)15/h3-5,7-9H,1-2,6H2.